The average molecular weight is 629 g/mol. The smallest absolute Gasteiger partial charge is 0.174 e. The summed E-state index contributed by atoms with van der Waals surface area (Å²) in [6.45, 7) is 12.6. The zero-order valence-electron chi connectivity index (χ0n) is 28.9. The summed E-state index contributed by atoms with van der Waals surface area (Å²) in [5, 5.41) is 0. The molecule has 0 amide bonds. The summed E-state index contributed by atoms with van der Waals surface area (Å²) >= 11 is 0. The average Bonchev–Trinajstić information content (AvgIpc) is 3.09. The molecule has 0 aliphatic heterocycles. The van der Waals surface area contributed by atoms with Crippen LogP contribution in [0.5, 0.6) is 17.2 Å². The number of hydrogen-bond acceptors (Lipinski definition) is 5. The summed E-state index contributed by atoms with van der Waals surface area (Å²) in [6.07, 6.45) is 11.5. The highest BCUT2D eigenvalue weighted by molar-refractivity contribution is 6.14. The van der Waals surface area contributed by atoms with E-state index in [-0.39, 0.29) is 18.0 Å². The van der Waals surface area contributed by atoms with Crippen LogP contribution in [0.3, 0.4) is 0 Å². The van der Waals surface area contributed by atoms with Gasteiger partial charge < -0.3 is 14.2 Å². The lowest BCUT2D eigenvalue weighted by Crippen LogP contribution is -2.13. The fourth-order valence-electron chi connectivity index (χ4n) is 5.05. The van der Waals surface area contributed by atoms with E-state index in [0.717, 1.165) is 42.6 Å². The highest BCUT2D eigenvalue weighted by Gasteiger charge is 2.21. The van der Waals surface area contributed by atoms with Crippen molar-refractivity contribution in [1.82, 2.24) is 0 Å². The van der Waals surface area contributed by atoms with Crippen LogP contribution in [0.1, 0.15) is 126 Å². The van der Waals surface area contributed by atoms with Gasteiger partial charge in [-0.15, -0.1) is 0 Å². The maximum absolute atomic E-state index is 13.5. The van der Waals surface area contributed by atoms with Crippen LogP contribution in [0.15, 0.2) is 66.7 Å². The fourth-order valence-corrected chi connectivity index (χ4v) is 5.05. The van der Waals surface area contributed by atoms with E-state index in [9.17, 15) is 9.59 Å². The maximum atomic E-state index is 13.5. The van der Waals surface area contributed by atoms with Crippen LogP contribution in [0.25, 0.3) is 11.1 Å². The van der Waals surface area contributed by atoms with E-state index in [1.165, 1.54) is 38.5 Å². The number of ether oxygens (including phenoxy) is 3. The number of unbranched alkanes of at least 4 members (excludes halogenated alkanes) is 7. The van der Waals surface area contributed by atoms with Crippen LogP contribution in [0.4, 0.5) is 0 Å². The topological polar surface area (TPSA) is 61.8 Å². The second-order valence-electron chi connectivity index (χ2n) is 12.7. The van der Waals surface area contributed by atoms with Gasteiger partial charge in [0, 0.05) is 5.56 Å². The third-order valence-corrected chi connectivity index (χ3v) is 8.69. The van der Waals surface area contributed by atoms with Gasteiger partial charge in [-0.05, 0) is 53.6 Å². The molecule has 0 aliphatic rings. The summed E-state index contributed by atoms with van der Waals surface area (Å²) in [6, 6.07) is 20.9. The van der Waals surface area contributed by atoms with Crippen LogP contribution in [0.2, 0.25) is 0 Å². The van der Waals surface area contributed by atoms with Gasteiger partial charge in [0.05, 0.1) is 31.8 Å². The van der Waals surface area contributed by atoms with E-state index < -0.39 is 0 Å². The number of carbonyl (C=O) groups excluding carboxylic acids is 2. The molecule has 0 radical (unpaired) electrons. The first-order chi connectivity index (χ1) is 22.4. The first-order valence-corrected chi connectivity index (χ1v) is 17.6. The van der Waals surface area contributed by atoms with Crippen molar-refractivity contribution in [3.05, 3.63) is 77.9 Å². The highest BCUT2D eigenvalue weighted by Crippen LogP contribution is 2.33. The Morgan fingerprint density at radius 1 is 0.609 bits per heavy atom. The van der Waals surface area contributed by atoms with Crippen molar-refractivity contribution in [3.8, 4) is 28.4 Å². The van der Waals surface area contributed by atoms with E-state index in [0.29, 0.717) is 54.3 Å². The highest BCUT2D eigenvalue weighted by atomic mass is 16.5. The zero-order chi connectivity index (χ0) is 33.1. The largest absolute Gasteiger partial charge is 0.493 e. The van der Waals surface area contributed by atoms with E-state index >= 15 is 0 Å². The normalized spacial score (nSPS) is 12.4. The molecule has 0 N–H and O–H groups in total. The first-order valence-electron chi connectivity index (χ1n) is 17.6. The van der Waals surface area contributed by atoms with Gasteiger partial charge in [-0.25, -0.2) is 0 Å². The molecule has 2 atom stereocenters. The predicted octanol–water partition coefficient (Wildman–Crippen LogP) is 11.2. The number of ketones is 2. The summed E-state index contributed by atoms with van der Waals surface area (Å²) in [5.41, 5.74) is 2.95. The Balaban J connectivity index is 1.63. The number of hydrogen-bond donors (Lipinski definition) is 0. The van der Waals surface area contributed by atoms with Crippen molar-refractivity contribution in [1.29, 1.82) is 0 Å². The SMILES string of the molecule is CCCCCCCCCCOc1c(OCC(C)CC)cccc1C(=O)CC(=O)c1ccc(-c2ccc(OCC(C)CC)cc2)cc1. The van der Waals surface area contributed by atoms with E-state index in [4.69, 9.17) is 14.2 Å². The molecular formula is C41H56O5. The molecule has 0 saturated heterocycles. The number of rotatable bonds is 23. The fraction of sp³-hybridized carbons (Fsp3) is 0.512. The summed E-state index contributed by atoms with van der Waals surface area (Å²) in [4.78, 5) is 26.8. The lowest BCUT2D eigenvalue weighted by molar-refractivity contribution is 0.0891. The monoisotopic (exact) mass is 628 g/mol. The van der Waals surface area contributed by atoms with Gasteiger partial charge in [-0.1, -0.05) is 135 Å². The molecule has 0 saturated carbocycles. The molecule has 0 spiro atoms. The van der Waals surface area contributed by atoms with Crippen molar-refractivity contribution < 1.29 is 23.8 Å². The third kappa shape index (κ3) is 12.3. The Bertz CT molecular complexity index is 1310. The quantitative estimate of drug-likeness (QED) is 0.0594. The summed E-state index contributed by atoms with van der Waals surface area (Å²) in [7, 11) is 0. The van der Waals surface area contributed by atoms with Crippen LogP contribution in [-0.2, 0) is 0 Å². The number of para-hydroxylation sites is 1. The van der Waals surface area contributed by atoms with Crippen molar-refractivity contribution >= 4 is 11.6 Å². The Labute approximate surface area is 278 Å². The lowest BCUT2D eigenvalue weighted by atomic mass is 9.98. The molecule has 3 aromatic rings. The molecule has 3 aromatic carbocycles. The second-order valence-corrected chi connectivity index (χ2v) is 12.7. The molecule has 0 heterocycles. The van der Waals surface area contributed by atoms with Gasteiger partial charge in [-0.3, -0.25) is 9.59 Å². The minimum atomic E-state index is -0.262. The van der Waals surface area contributed by atoms with Gasteiger partial charge in [0.25, 0.3) is 0 Å². The number of Topliss-reactive ketones (excluding diaryl/α,β-unsaturated/α-hetero) is 2. The molecule has 0 fully saturated rings. The van der Waals surface area contributed by atoms with Gasteiger partial charge >= 0.3 is 0 Å². The van der Waals surface area contributed by atoms with Crippen molar-refractivity contribution in [2.75, 3.05) is 19.8 Å². The van der Waals surface area contributed by atoms with Crippen molar-refractivity contribution in [3.63, 3.8) is 0 Å². The van der Waals surface area contributed by atoms with Crippen LogP contribution < -0.4 is 14.2 Å². The molecule has 46 heavy (non-hydrogen) atoms. The zero-order valence-corrected chi connectivity index (χ0v) is 28.9. The second kappa shape index (κ2) is 20.5. The standard InChI is InChI=1S/C41H56O5/c1-6-9-10-11-12-13-14-15-27-44-41-37(17-16-18-40(41)46-30-32(5)8-3)39(43)28-38(42)35-21-19-33(20-22-35)34-23-25-36(26-24-34)45-29-31(4)7-2/h16-26,31-32H,6-15,27-30H2,1-5H3. The minimum absolute atomic E-state index is 0.217. The van der Waals surface area contributed by atoms with Gasteiger partial charge in [0.2, 0.25) is 0 Å². The lowest BCUT2D eigenvalue weighted by Gasteiger charge is -2.18. The molecule has 0 aliphatic carbocycles. The third-order valence-electron chi connectivity index (χ3n) is 8.69. The van der Waals surface area contributed by atoms with Crippen LogP contribution >= 0.6 is 0 Å². The molecular weight excluding hydrogens is 572 g/mol. The van der Waals surface area contributed by atoms with Gasteiger partial charge in [-0.2, -0.15) is 0 Å². The Kier molecular flexibility index (Phi) is 16.4. The number of benzene rings is 3. The predicted molar refractivity (Wildman–Crippen MR) is 190 cm³/mol. The van der Waals surface area contributed by atoms with E-state index in [1.54, 1.807) is 18.2 Å². The van der Waals surface area contributed by atoms with Crippen molar-refractivity contribution in [2.24, 2.45) is 11.8 Å². The molecule has 250 valence electrons. The molecule has 5 heteroatoms. The van der Waals surface area contributed by atoms with Gasteiger partial charge in [0.1, 0.15) is 5.75 Å². The summed E-state index contributed by atoms with van der Waals surface area (Å²) in [5.74, 6) is 2.29. The molecule has 5 nitrogen and oxygen atoms in total. The molecule has 3 rings (SSSR count). The minimum Gasteiger partial charge on any atom is -0.493 e. The maximum Gasteiger partial charge on any atom is 0.174 e. The van der Waals surface area contributed by atoms with E-state index in [2.05, 4.69) is 34.6 Å². The Morgan fingerprint density at radius 2 is 1.17 bits per heavy atom. The van der Waals surface area contributed by atoms with Crippen LogP contribution in [0, 0.1) is 11.8 Å². The number of carbonyl (C=O) groups is 2. The molecule has 0 aromatic heterocycles. The van der Waals surface area contributed by atoms with Gasteiger partial charge in [0.15, 0.2) is 23.1 Å². The Hall–Kier alpha value is -3.60. The Morgan fingerprint density at radius 3 is 1.78 bits per heavy atom. The van der Waals surface area contributed by atoms with E-state index in [1.807, 2.05) is 48.5 Å². The molecule has 2 unspecified atom stereocenters. The first kappa shape index (κ1) is 36.9. The van der Waals surface area contributed by atoms with Crippen LogP contribution in [-0.4, -0.2) is 31.4 Å². The van der Waals surface area contributed by atoms with Crippen molar-refractivity contribution in [2.45, 2.75) is 105 Å². The summed E-state index contributed by atoms with van der Waals surface area (Å²) < 4.78 is 18.2. The molecule has 0 bridgehead atoms.